The first kappa shape index (κ1) is 38.9. The Hall–Kier alpha value is -1.94. The van der Waals surface area contributed by atoms with Crippen molar-refractivity contribution >= 4 is 93.5 Å². The third-order valence-corrected chi connectivity index (χ3v) is 12.0. The molecule has 14 heteroatoms. The van der Waals surface area contributed by atoms with Gasteiger partial charge in [-0.25, -0.2) is 19.2 Å². The van der Waals surface area contributed by atoms with Crippen molar-refractivity contribution < 1.29 is 38.1 Å². The summed E-state index contributed by atoms with van der Waals surface area (Å²) in [6.45, 7) is 16.4. The molecule has 2 aromatic rings. The molecule has 2 fully saturated rings. The molecule has 0 aromatic heterocycles. The van der Waals surface area contributed by atoms with Crippen molar-refractivity contribution in [2.45, 2.75) is 55.4 Å². The van der Waals surface area contributed by atoms with E-state index in [1.165, 1.54) is 0 Å². The average molecular weight is 785 g/mol. The minimum Gasteiger partial charge on any atom is -0.461 e. The van der Waals surface area contributed by atoms with Crippen molar-refractivity contribution in [2.24, 2.45) is 46.3 Å². The number of hydrogen-bond donors (Lipinski definition) is 0. The highest BCUT2D eigenvalue weighted by atomic mass is 35.5. The van der Waals surface area contributed by atoms with E-state index in [1.54, 1.807) is 0 Å². The Morgan fingerprint density at radius 2 is 0.854 bits per heavy atom. The monoisotopic (exact) mass is 782 g/mol. The number of carbonyl (C=O) groups excluding carboxylic acids is 4. The van der Waals surface area contributed by atoms with Gasteiger partial charge in [0.05, 0.1) is 43.3 Å². The van der Waals surface area contributed by atoms with Gasteiger partial charge in [0.25, 0.3) is 0 Å². The zero-order chi connectivity index (χ0) is 36.2. The molecule has 2 aromatic carbocycles. The first-order valence-electron chi connectivity index (χ1n) is 15.3. The highest BCUT2D eigenvalue weighted by molar-refractivity contribution is 6.47. The second kappa shape index (κ2) is 14.4. The van der Waals surface area contributed by atoms with E-state index in [4.69, 9.17) is 88.6 Å². The number of esters is 4. The lowest BCUT2D eigenvalue weighted by molar-refractivity contribution is -0.156. The molecule has 0 heterocycles. The van der Waals surface area contributed by atoms with E-state index in [2.05, 4.69) is 27.7 Å². The Morgan fingerprint density at radius 1 is 0.562 bits per heavy atom. The van der Waals surface area contributed by atoms with Crippen LogP contribution in [-0.2, 0) is 19.1 Å². The van der Waals surface area contributed by atoms with Gasteiger partial charge in [0.1, 0.15) is 11.1 Å². The molecule has 4 unspecified atom stereocenters. The van der Waals surface area contributed by atoms with Crippen molar-refractivity contribution in [1.82, 2.24) is 0 Å². The number of carbonyl (C=O) groups is 4. The summed E-state index contributed by atoms with van der Waals surface area (Å²) >= 11 is 37.6. The van der Waals surface area contributed by atoms with Gasteiger partial charge in [-0.2, -0.15) is 0 Å². The molecular weight excluding hydrogens is 749 g/mol. The first-order valence-corrected chi connectivity index (χ1v) is 17.5. The standard InChI is InChI=1S/C34H36Cl6O8/c1-13-14(2)23(13)33(5,6)11-45-29(41)21-25(39)17(35)9-19(37)27(21)47-31(43)32(44)48-28-20(38)10-18(36)26(40)22(28)30(42)46-12-34(7,8)24-15(3)16(24)4/h9-10,13-16,23-24H,11-12H2,1-8H3. The van der Waals surface area contributed by atoms with Crippen LogP contribution in [0.25, 0.3) is 0 Å². The molecule has 262 valence electrons. The van der Waals surface area contributed by atoms with Crippen molar-refractivity contribution in [3.63, 3.8) is 0 Å². The molecule has 4 atom stereocenters. The van der Waals surface area contributed by atoms with Gasteiger partial charge in [-0.1, -0.05) is 125 Å². The molecule has 2 saturated carbocycles. The van der Waals surface area contributed by atoms with Crippen molar-refractivity contribution in [3.8, 4) is 11.5 Å². The predicted molar refractivity (Wildman–Crippen MR) is 186 cm³/mol. The van der Waals surface area contributed by atoms with Crippen molar-refractivity contribution in [1.29, 1.82) is 0 Å². The van der Waals surface area contributed by atoms with Gasteiger partial charge in [0, 0.05) is 10.8 Å². The average Bonchev–Trinajstić information content (AvgIpc) is 3.83. The fraction of sp³-hybridized carbons (Fsp3) is 0.529. The molecule has 0 aliphatic heterocycles. The van der Waals surface area contributed by atoms with Gasteiger partial charge in [-0.05, 0) is 47.6 Å². The van der Waals surface area contributed by atoms with E-state index in [9.17, 15) is 19.2 Å². The summed E-state index contributed by atoms with van der Waals surface area (Å²) in [5.41, 5.74) is -1.68. The Balaban J connectivity index is 1.55. The molecular formula is C34H36Cl6O8. The topological polar surface area (TPSA) is 105 Å². The number of rotatable bonds is 10. The number of ether oxygens (including phenoxy) is 4. The Kier molecular flexibility index (Phi) is 11.6. The van der Waals surface area contributed by atoms with Crippen LogP contribution in [0.3, 0.4) is 0 Å². The van der Waals surface area contributed by atoms with E-state index in [1.807, 2.05) is 27.7 Å². The lowest BCUT2D eigenvalue weighted by atomic mass is 9.86. The SMILES string of the molecule is CC1C(C)C1C(C)(C)COC(=O)c1c(Cl)c(Cl)cc(Cl)c1OC(=O)C(=O)Oc1c(Cl)cc(Cl)c(Cl)c1C(=O)OCC(C)(C)C1C(C)C1C. The maximum atomic E-state index is 13.3. The highest BCUT2D eigenvalue weighted by Crippen LogP contribution is 2.57. The second-order valence-corrected chi connectivity index (χ2v) is 16.5. The zero-order valence-corrected chi connectivity index (χ0v) is 32.1. The third-order valence-electron chi connectivity index (χ3n) is 9.82. The van der Waals surface area contributed by atoms with Crippen LogP contribution in [0.4, 0.5) is 0 Å². The number of benzene rings is 2. The Bertz CT molecular complexity index is 1530. The summed E-state index contributed by atoms with van der Waals surface area (Å²) in [5, 5.41) is -1.52. The summed E-state index contributed by atoms with van der Waals surface area (Å²) in [6, 6.07) is 2.25. The second-order valence-electron chi connectivity index (χ2n) is 14.1. The molecule has 0 radical (unpaired) electrons. The fourth-order valence-electron chi connectivity index (χ4n) is 7.00. The molecule has 0 amide bonds. The van der Waals surface area contributed by atoms with Crippen molar-refractivity contribution in [3.05, 3.63) is 53.4 Å². The zero-order valence-electron chi connectivity index (χ0n) is 27.6. The summed E-state index contributed by atoms with van der Waals surface area (Å²) in [5.74, 6) is -3.96. The van der Waals surface area contributed by atoms with E-state index in [-0.39, 0.29) is 54.2 Å². The van der Waals surface area contributed by atoms with Crippen LogP contribution in [0.2, 0.25) is 30.1 Å². The first-order chi connectivity index (χ1) is 22.1. The molecule has 4 rings (SSSR count). The lowest BCUT2D eigenvalue weighted by Gasteiger charge is -2.25. The number of halogens is 6. The minimum atomic E-state index is -1.65. The van der Waals surface area contributed by atoms with Crippen molar-refractivity contribution in [2.75, 3.05) is 13.2 Å². The Labute approximate surface area is 309 Å². The third kappa shape index (κ3) is 7.84. The fourth-order valence-corrected chi connectivity index (χ4v) is 8.44. The molecule has 8 nitrogen and oxygen atoms in total. The summed E-state index contributed by atoms with van der Waals surface area (Å²) in [4.78, 5) is 52.8. The van der Waals surface area contributed by atoms with Crippen LogP contribution in [0.1, 0.15) is 76.1 Å². The molecule has 0 bridgehead atoms. The normalized spacial score (nSPS) is 23.3. The van der Waals surface area contributed by atoms with Gasteiger partial charge in [-0.15, -0.1) is 0 Å². The Morgan fingerprint density at radius 3 is 1.12 bits per heavy atom. The molecule has 0 spiro atoms. The number of hydrogen-bond acceptors (Lipinski definition) is 8. The molecule has 2 aliphatic rings. The van der Waals surface area contributed by atoms with Gasteiger partial charge in [-0.3, -0.25) is 0 Å². The lowest BCUT2D eigenvalue weighted by Crippen LogP contribution is -2.29. The van der Waals surface area contributed by atoms with E-state index in [0.29, 0.717) is 35.5 Å². The minimum absolute atomic E-state index is 0.0195. The van der Waals surface area contributed by atoms with Crippen LogP contribution in [0.15, 0.2) is 12.1 Å². The largest absolute Gasteiger partial charge is 0.461 e. The quantitative estimate of drug-likeness (QED) is 0.101. The predicted octanol–water partition coefficient (Wildman–Crippen LogP) is 10.3. The van der Waals surface area contributed by atoms with Crippen LogP contribution >= 0.6 is 69.6 Å². The van der Waals surface area contributed by atoms with Crippen LogP contribution in [-0.4, -0.2) is 37.1 Å². The maximum Gasteiger partial charge on any atom is 0.423 e. The molecule has 2 aliphatic carbocycles. The summed E-state index contributed by atoms with van der Waals surface area (Å²) < 4.78 is 21.6. The van der Waals surface area contributed by atoms with E-state index < -0.39 is 46.5 Å². The van der Waals surface area contributed by atoms with Gasteiger partial charge >= 0.3 is 23.9 Å². The van der Waals surface area contributed by atoms with E-state index in [0.717, 1.165) is 12.1 Å². The molecule has 48 heavy (non-hydrogen) atoms. The van der Waals surface area contributed by atoms with Crippen LogP contribution in [0.5, 0.6) is 11.5 Å². The van der Waals surface area contributed by atoms with Gasteiger partial charge < -0.3 is 18.9 Å². The smallest absolute Gasteiger partial charge is 0.423 e. The van der Waals surface area contributed by atoms with Crippen LogP contribution < -0.4 is 9.47 Å². The van der Waals surface area contributed by atoms with Gasteiger partial charge in [0.2, 0.25) is 0 Å². The van der Waals surface area contributed by atoms with E-state index >= 15 is 0 Å². The van der Waals surface area contributed by atoms with Crippen LogP contribution in [0, 0.1) is 46.3 Å². The summed E-state index contributed by atoms with van der Waals surface area (Å²) in [6.07, 6.45) is 0. The maximum absolute atomic E-state index is 13.3. The highest BCUT2D eigenvalue weighted by Gasteiger charge is 2.53. The van der Waals surface area contributed by atoms with Gasteiger partial charge in [0.15, 0.2) is 11.5 Å². The summed E-state index contributed by atoms with van der Waals surface area (Å²) in [7, 11) is 0. The molecule has 0 saturated heterocycles. The molecule has 0 N–H and O–H groups in total.